The van der Waals surface area contributed by atoms with Crippen LogP contribution in [-0.4, -0.2) is 51.4 Å². The second kappa shape index (κ2) is 15.5. The number of carboxylic acid groups (broad SMARTS) is 3. The van der Waals surface area contributed by atoms with Crippen LogP contribution in [0.3, 0.4) is 0 Å². The predicted octanol–water partition coefficient (Wildman–Crippen LogP) is 0.943. The van der Waals surface area contributed by atoms with Crippen LogP contribution in [-0.2, 0) is 14.4 Å². The maximum atomic E-state index is 10.1. The zero-order valence-electron chi connectivity index (χ0n) is 16.7. The lowest BCUT2D eigenvalue weighted by Crippen LogP contribution is -2.34. The second-order valence-electron chi connectivity index (χ2n) is 7.26. The molecule has 0 rings (SSSR count). The summed E-state index contributed by atoms with van der Waals surface area (Å²) in [6.45, 7) is 11.3. The molecular formula is C17H37N3O6. The first-order chi connectivity index (χ1) is 11.6. The van der Waals surface area contributed by atoms with Crippen LogP contribution < -0.4 is 17.2 Å². The van der Waals surface area contributed by atoms with E-state index in [2.05, 4.69) is 0 Å². The molecule has 9 nitrogen and oxygen atoms in total. The molecular weight excluding hydrogens is 342 g/mol. The van der Waals surface area contributed by atoms with Crippen molar-refractivity contribution in [2.24, 2.45) is 35.0 Å². The highest BCUT2D eigenvalue weighted by Gasteiger charge is 2.14. The molecule has 0 saturated carbocycles. The summed E-state index contributed by atoms with van der Waals surface area (Å²) >= 11 is 0. The molecule has 0 amide bonds. The van der Waals surface area contributed by atoms with E-state index >= 15 is 0 Å². The van der Waals surface area contributed by atoms with Gasteiger partial charge < -0.3 is 32.5 Å². The molecule has 0 fully saturated rings. The number of hydrogen-bond donors (Lipinski definition) is 6. The van der Waals surface area contributed by atoms with Gasteiger partial charge in [0.2, 0.25) is 0 Å². The topological polar surface area (TPSA) is 190 Å². The molecule has 156 valence electrons. The van der Waals surface area contributed by atoms with Crippen LogP contribution >= 0.6 is 0 Å². The van der Waals surface area contributed by atoms with Gasteiger partial charge in [-0.3, -0.25) is 14.4 Å². The summed E-state index contributed by atoms with van der Waals surface area (Å²) in [7, 11) is 0. The standard InChI is InChI=1S/2C6H13NO2.C5H11NO2/c2*1-4(2)3-5(7)6(8)9;1-3(2)4(6)5(7)8/h2*4-5H,3,7H2,1-2H3,(H,8,9);3-4H,6H2,1-2H3,(H,7,8). The number of hydrogen-bond acceptors (Lipinski definition) is 6. The van der Waals surface area contributed by atoms with Crippen molar-refractivity contribution < 1.29 is 29.7 Å². The Kier molecular flexibility index (Phi) is 17.4. The summed E-state index contributed by atoms with van der Waals surface area (Å²) in [5.41, 5.74) is 15.6. The SMILES string of the molecule is CC(C)C(N)C(=O)O.CC(C)CC(N)C(=O)O.CC(C)CC(N)C(=O)O. The fraction of sp³-hybridized carbons (Fsp3) is 0.824. The normalized spacial score (nSPS) is 13.8. The second-order valence-corrected chi connectivity index (χ2v) is 7.26. The van der Waals surface area contributed by atoms with Gasteiger partial charge in [-0.2, -0.15) is 0 Å². The van der Waals surface area contributed by atoms with Gasteiger partial charge in [-0.15, -0.1) is 0 Å². The quantitative estimate of drug-likeness (QED) is 0.356. The van der Waals surface area contributed by atoms with Crippen molar-refractivity contribution in [3.8, 4) is 0 Å². The molecule has 0 heterocycles. The van der Waals surface area contributed by atoms with Crippen LogP contribution in [0.1, 0.15) is 54.4 Å². The maximum absolute atomic E-state index is 10.1. The van der Waals surface area contributed by atoms with Gasteiger partial charge in [0.25, 0.3) is 0 Å². The number of aliphatic carboxylic acids is 3. The monoisotopic (exact) mass is 379 g/mol. The Hall–Kier alpha value is -1.71. The minimum Gasteiger partial charge on any atom is -0.480 e. The highest BCUT2D eigenvalue weighted by Crippen LogP contribution is 2.02. The fourth-order valence-corrected chi connectivity index (χ4v) is 1.50. The molecule has 3 atom stereocenters. The van der Waals surface area contributed by atoms with Gasteiger partial charge in [0, 0.05) is 0 Å². The van der Waals surface area contributed by atoms with Gasteiger partial charge in [-0.25, -0.2) is 0 Å². The zero-order chi connectivity index (χ0) is 21.6. The first-order valence-corrected chi connectivity index (χ1v) is 8.58. The number of carboxylic acids is 3. The van der Waals surface area contributed by atoms with Gasteiger partial charge in [0.1, 0.15) is 18.1 Å². The first-order valence-electron chi connectivity index (χ1n) is 8.58. The van der Waals surface area contributed by atoms with Crippen LogP contribution in [0.2, 0.25) is 0 Å². The Morgan fingerprint density at radius 1 is 0.654 bits per heavy atom. The van der Waals surface area contributed by atoms with Crippen molar-refractivity contribution in [1.82, 2.24) is 0 Å². The molecule has 0 bridgehead atoms. The Bertz CT molecular complexity index is 387. The third kappa shape index (κ3) is 20.3. The van der Waals surface area contributed by atoms with Gasteiger partial charge >= 0.3 is 17.9 Å². The molecule has 0 aliphatic heterocycles. The number of carbonyl (C=O) groups is 3. The third-order valence-electron chi connectivity index (χ3n) is 3.09. The summed E-state index contributed by atoms with van der Waals surface area (Å²) in [6.07, 6.45) is 1.10. The number of rotatable bonds is 8. The molecule has 0 saturated heterocycles. The van der Waals surface area contributed by atoms with Gasteiger partial charge in [-0.1, -0.05) is 41.5 Å². The van der Waals surface area contributed by atoms with Crippen molar-refractivity contribution in [2.75, 3.05) is 0 Å². The maximum Gasteiger partial charge on any atom is 0.320 e. The number of nitrogens with two attached hydrogens (primary N) is 3. The van der Waals surface area contributed by atoms with E-state index in [0.29, 0.717) is 24.7 Å². The Morgan fingerprint density at radius 2 is 0.923 bits per heavy atom. The highest BCUT2D eigenvalue weighted by molar-refractivity contribution is 5.73. The Morgan fingerprint density at radius 3 is 0.962 bits per heavy atom. The minimum absolute atomic E-state index is 0.0208. The summed E-state index contributed by atoms with van der Waals surface area (Å²) in [5.74, 6) is -2.02. The van der Waals surface area contributed by atoms with Crippen LogP contribution in [0.4, 0.5) is 0 Å². The lowest BCUT2D eigenvalue weighted by Gasteiger charge is -2.07. The molecule has 0 aromatic rings. The lowest BCUT2D eigenvalue weighted by atomic mass is 10.1. The minimum atomic E-state index is -0.931. The van der Waals surface area contributed by atoms with E-state index in [9.17, 15) is 14.4 Å². The van der Waals surface area contributed by atoms with Gasteiger partial charge in [-0.05, 0) is 30.6 Å². The van der Waals surface area contributed by atoms with Crippen molar-refractivity contribution in [1.29, 1.82) is 0 Å². The molecule has 9 heteroatoms. The van der Waals surface area contributed by atoms with E-state index in [0.717, 1.165) is 0 Å². The third-order valence-corrected chi connectivity index (χ3v) is 3.09. The molecule has 0 aliphatic rings. The average Bonchev–Trinajstić information content (AvgIpc) is 2.45. The van der Waals surface area contributed by atoms with Crippen molar-refractivity contribution in [3.05, 3.63) is 0 Å². The molecule has 26 heavy (non-hydrogen) atoms. The largest absolute Gasteiger partial charge is 0.480 e. The molecule has 0 radical (unpaired) electrons. The van der Waals surface area contributed by atoms with Crippen LogP contribution in [0.25, 0.3) is 0 Å². The summed E-state index contributed by atoms with van der Waals surface area (Å²) in [6, 6.07) is -2.09. The summed E-state index contributed by atoms with van der Waals surface area (Å²) in [5, 5.41) is 24.8. The summed E-state index contributed by atoms with van der Waals surface area (Å²) < 4.78 is 0. The van der Waals surface area contributed by atoms with E-state index in [1.807, 2.05) is 27.7 Å². The van der Waals surface area contributed by atoms with Crippen LogP contribution in [0.15, 0.2) is 0 Å². The Balaban J connectivity index is -0.000000306. The van der Waals surface area contributed by atoms with Crippen molar-refractivity contribution >= 4 is 17.9 Å². The zero-order valence-corrected chi connectivity index (χ0v) is 16.7. The molecule has 3 unspecified atom stereocenters. The van der Waals surface area contributed by atoms with Crippen LogP contribution in [0, 0.1) is 17.8 Å². The van der Waals surface area contributed by atoms with Crippen molar-refractivity contribution in [3.63, 3.8) is 0 Å². The predicted molar refractivity (Wildman–Crippen MR) is 101 cm³/mol. The fourth-order valence-electron chi connectivity index (χ4n) is 1.50. The molecule has 0 spiro atoms. The smallest absolute Gasteiger partial charge is 0.320 e. The van der Waals surface area contributed by atoms with E-state index in [1.165, 1.54) is 0 Å². The molecule has 0 aromatic carbocycles. The van der Waals surface area contributed by atoms with E-state index in [1.54, 1.807) is 13.8 Å². The van der Waals surface area contributed by atoms with Crippen LogP contribution in [0.5, 0.6) is 0 Å². The average molecular weight is 379 g/mol. The molecule has 0 aromatic heterocycles. The Labute approximate surface area is 155 Å². The van der Waals surface area contributed by atoms with E-state index in [-0.39, 0.29) is 5.92 Å². The van der Waals surface area contributed by atoms with Gasteiger partial charge in [0.15, 0.2) is 0 Å². The van der Waals surface area contributed by atoms with Crippen molar-refractivity contribution in [2.45, 2.75) is 72.5 Å². The lowest BCUT2D eigenvalue weighted by molar-refractivity contribution is -0.140. The highest BCUT2D eigenvalue weighted by atomic mass is 16.4. The van der Waals surface area contributed by atoms with E-state index < -0.39 is 36.0 Å². The molecule has 0 aliphatic carbocycles. The van der Waals surface area contributed by atoms with Gasteiger partial charge in [0.05, 0.1) is 0 Å². The summed E-state index contributed by atoms with van der Waals surface area (Å²) in [4.78, 5) is 30.2. The van der Waals surface area contributed by atoms with E-state index in [4.69, 9.17) is 32.5 Å². The molecule has 9 N–H and O–H groups in total. The first kappa shape index (κ1) is 29.1.